The first kappa shape index (κ1) is 12.1. The van der Waals surface area contributed by atoms with Gasteiger partial charge in [0.15, 0.2) is 11.6 Å². The molecule has 0 radical (unpaired) electrons. The van der Waals surface area contributed by atoms with Crippen LogP contribution in [0.2, 0.25) is 5.02 Å². The van der Waals surface area contributed by atoms with Crippen molar-refractivity contribution in [3.05, 3.63) is 23.0 Å². The molecule has 0 aromatic heterocycles. The van der Waals surface area contributed by atoms with Crippen LogP contribution in [0.4, 0.5) is 10.1 Å². The van der Waals surface area contributed by atoms with E-state index < -0.39 is 5.82 Å². The smallest absolute Gasteiger partial charge is 0.228 e. The summed E-state index contributed by atoms with van der Waals surface area (Å²) in [6, 6.07) is 2.63. The maximum atomic E-state index is 14.0. The Labute approximate surface area is 103 Å². The van der Waals surface area contributed by atoms with Gasteiger partial charge in [0, 0.05) is 19.0 Å². The van der Waals surface area contributed by atoms with Crippen LogP contribution in [0.3, 0.4) is 0 Å². The predicted octanol–water partition coefficient (Wildman–Crippen LogP) is 1.55. The molecule has 4 nitrogen and oxygen atoms in total. The number of ether oxygens (including phenoxy) is 1. The highest BCUT2D eigenvalue weighted by Gasteiger charge is 2.32. The van der Waals surface area contributed by atoms with Crippen molar-refractivity contribution in [2.45, 2.75) is 12.5 Å². The van der Waals surface area contributed by atoms with Gasteiger partial charge in [-0.3, -0.25) is 4.79 Å². The molecule has 0 saturated carbocycles. The van der Waals surface area contributed by atoms with Gasteiger partial charge in [0.2, 0.25) is 5.91 Å². The average Bonchev–Trinajstić information content (AvgIpc) is 2.58. The van der Waals surface area contributed by atoms with Crippen molar-refractivity contribution in [3.63, 3.8) is 0 Å². The molecule has 1 amide bonds. The van der Waals surface area contributed by atoms with Crippen molar-refractivity contribution in [1.82, 2.24) is 0 Å². The molecule has 1 aromatic rings. The minimum atomic E-state index is -0.637. The van der Waals surface area contributed by atoms with E-state index in [-0.39, 0.29) is 41.4 Å². The summed E-state index contributed by atoms with van der Waals surface area (Å²) in [6.07, 6.45) is 0.201. The Hall–Kier alpha value is -1.33. The number of nitrogens with zero attached hydrogens (tertiary/aromatic N) is 1. The summed E-state index contributed by atoms with van der Waals surface area (Å²) in [7, 11) is 1.35. The van der Waals surface area contributed by atoms with E-state index >= 15 is 0 Å². The molecule has 1 fully saturated rings. The first-order valence-corrected chi connectivity index (χ1v) is 5.50. The second-order valence-electron chi connectivity index (χ2n) is 3.88. The number of benzene rings is 1. The van der Waals surface area contributed by atoms with Crippen LogP contribution in [-0.4, -0.2) is 25.6 Å². The number of hydrogen-bond donors (Lipinski definition) is 1. The van der Waals surface area contributed by atoms with Gasteiger partial charge in [0.25, 0.3) is 0 Å². The number of methoxy groups -OCH3 is 1. The van der Waals surface area contributed by atoms with Gasteiger partial charge in [-0.1, -0.05) is 11.6 Å². The zero-order valence-electron chi connectivity index (χ0n) is 9.24. The zero-order chi connectivity index (χ0) is 12.6. The minimum absolute atomic E-state index is 0.0453. The van der Waals surface area contributed by atoms with E-state index in [0.717, 1.165) is 0 Å². The van der Waals surface area contributed by atoms with Crippen molar-refractivity contribution in [2.75, 3.05) is 18.6 Å². The van der Waals surface area contributed by atoms with Crippen LogP contribution in [0.15, 0.2) is 12.1 Å². The van der Waals surface area contributed by atoms with Crippen LogP contribution in [0.25, 0.3) is 0 Å². The Morgan fingerprint density at radius 1 is 1.59 bits per heavy atom. The number of anilines is 1. The van der Waals surface area contributed by atoms with E-state index in [4.69, 9.17) is 22.1 Å². The third-order valence-electron chi connectivity index (χ3n) is 2.68. The summed E-state index contributed by atoms with van der Waals surface area (Å²) in [4.78, 5) is 12.9. The molecule has 17 heavy (non-hydrogen) atoms. The summed E-state index contributed by atoms with van der Waals surface area (Å²) in [5.41, 5.74) is 5.71. The van der Waals surface area contributed by atoms with Gasteiger partial charge in [-0.2, -0.15) is 0 Å². The highest BCUT2D eigenvalue weighted by Crippen LogP contribution is 2.36. The average molecular weight is 259 g/mol. The van der Waals surface area contributed by atoms with Crippen LogP contribution in [-0.2, 0) is 4.79 Å². The van der Waals surface area contributed by atoms with Crippen molar-refractivity contribution in [1.29, 1.82) is 0 Å². The Kier molecular flexibility index (Phi) is 3.22. The standard InChI is InChI=1S/C11H12ClFN2O2/c1-17-8-3-2-7(12)11(10(8)13)15-5-6(14)4-9(15)16/h2-3,6H,4-5,14H2,1H3. The number of amides is 1. The minimum Gasteiger partial charge on any atom is -0.494 e. The third kappa shape index (κ3) is 2.08. The molecule has 0 bridgehead atoms. The summed E-state index contributed by atoms with van der Waals surface area (Å²) < 4.78 is 18.9. The Morgan fingerprint density at radius 2 is 2.29 bits per heavy atom. The summed E-state index contributed by atoms with van der Waals surface area (Å²) in [5.74, 6) is -0.813. The number of rotatable bonds is 2. The molecule has 2 rings (SSSR count). The molecular formula is C11H12ClFN2O2. The molecule has 1 saturated heterocycles. The van der Waals surface area contributed by atoms with Gasteiger partial charge < -0.3 is 15.4 Å². The maximum absolute atomic E-state index is 14.0. The molecule has 0 spiro atoms. The molecule has 92 valence electrons. The lowest BCUT2D eigenvalue weighted by molar-refractivity contribution is -0.117. The number of hydrogen-bond acceptors (Lipinski definition) is 3. The van der Waals surface area contributed by atoms with Crippen LogP contribution in [0.5, 0.6) is 5.75 Å². The molecule has 6 heteroatoms. The fourth-order valence-corrected chi connectivity index (χ4v) is 2.13. The van der Waals surface area contributed by atoms with Crippen molar-refractivity contribution in [3.8, 4) is 5.75 Å². The van der Waals surface area contributed by atoms with E-state index in [0.29, 0.717) is 0 Å². The zero-order valence-corrected chi connectivity index (χ0v) is 10.00. The lowest BCUT2D eigenvalue weighted by Gasteiger charge is -2.19. The highest BCUT2D eigenvalue weighted by molar-refractivity contribution is 6.34. The van der Waals surface area contributed by atoms with E-state index in [2.05, 4.69) is 0 Å². The monoisotopic (exact) mass is 258 g/mol. The van der Waals surface area contributed by atoms with E-state index in [1.165, 1.54) is 24.1 Å². The summed E-state index contributed by atoms with van der Waals surface area (Å²) >= 11 is 5.92. The topological polar surface area (TPSA) is 55.6 Å². The first-order valence-electron chi connectivity index (χ1n) is 5.12. The third-order valence-corrected chi connectivity index (χ3v) is 2.98. The number of halogens is 2. The SMILES string of the molecule is COc1ccc(Cl)c(N2CC(N)CC2=O)c1F. The van der Waals surface area contributed by atoms with Crippen molar-refractivity contribution in [2.24, 2.45) is 5.73 Å². The molecular weight excluding hydrogens is 247 g/mol. The van der Waals surface area contributed by atoms with Gasteiger partial charge >= 0.3 is 0 Å². The van der Waals surface area contributed by atoms with Gasteiger partial charge in [0.05, 0.1) is 12.1 Å². The second kappa shape index (κ2) is 4.50. The Morgan fingerprint density at radius 3 is 2.82 bits per heavy atom. The largest absolute Gasteiger partial charge is 0.494 e. The van der Waals surface area contributed by atoms with E-state index in [9.17, 15) is 9.18 Å². The van der Waals surface area contributed by atoms with Crippen LogP contribution in [0, 0.1) is 5.82 Å². The molecule has 1 aromatic carbocycles. The molecule has 1 heterocycles. The number of carbonyl (C=O) groups is 1. The lowest BCUT2D eigenvalue weighted by atomic mass is 10.2. The molecule has 1 atom stereocenters. The van der Waals surface area contributed by atoms with E-state index in [1.54, 1.807) is 0 Å². The molecule has 2 N–H and O–H groups in total. The lowest BCUT2D eigenvalue weighted by Crippen LogP contribution is -2.29. The normalized spacial score (nSPS) is 19.9. The molecule has 1 unspecified atom stereocenters. The van der Waals surface area contributed by atoms with Crippen LogP contribution < -0.4 is 15.4 Å². The van der Waals surface area contributed by atoms with E-state index in [1.807, 2.05) is 0 Å². The maximum Gasteiger partial charge on any atom is 0.228 e. The quantitative estimate of drug-likeness (QED) is 0.876. The van der Waals surface area contributed by atoms with Gasteiger partial charge in [-0.05, 0) is 12.1 Å². The van der Waals surface area contributed by atoms with Crippen LogP contribution >= 0.6 is 11.6 Å². The Bertz CT molecular complexity index is 467. The van der Waals surface area contributed by atoms with Gasteiger partial charge in [-0.25, -0.2) is 4.39 Å². The molecule has 0 aliphatic carbocycles. The predicted molar refractivity (Wildman–Crippen MR) is 62.9 cm³/mol. The molecule has 1 aliphatic heterocycles. The Balaban J connectivity index is 2.47. The first-order chi connectivity index (χ1) is 8.04. The summed E-state index contributed by atoms with van der Waals surface area (Å²) in [5, 5.41) is 0.172. The van der Waals surface area contributed by atoms with Gasteiger partial charge in [0.1, 0.15) is 5.69 Å². The van der Waals surface area contributed by atoms with Crippen LogP contribution in [0.1, 0.15) is 6.42 Å². The second-order valence-corrected chi connectivity index (χ2v) is 4.29. The number of nitrogens with two attached hydrogens (primary N) is 1. The summed E-state index contributed by atoms with van der Waals surface area (Å²) in [6.45, 7) is 0.267. The highest BCUT2D eigenvalue weighted by atomic mass is 35.5. The molecule has 1 aliphatic rings. The van der Waals surface area contributed by atoms with Crippen molar-refractivity contribution < 1.29 is 13.9 Å². The number of carbonyl (C=O) groups excluding carboxylic acids is 1. The van der Waals surface area contributed by atoms with Gasteiger partial charge in [-0.15, -0.1) is 0 Å². The fourth-order valence-electron chi connectivity index (χ4n) is 1.88. The van der Waals surface area contributed by atoms with Crippen molar-refractivity contribution >= 4 is 23.2 Å². The fraction of sp³-hybridized carbons (Fsp3) is 0.364.